The largest absolute Gasteiger partial charge is 0.393 e. The van der Waals surface area contributed by atoms with E-state index in [-0.39, 0.29) is 6.10 Å². The van der Waals surface area contributed by atoms with Gasteiger partial charge in [0.15, 0.2) is 0 Å². The average molecular weight is 323 g/mol. The van der Waals surface area contributed by atoms with Crippen molar-refractivity contribution in [1.82, 2.24) is 9.78 Å². The highest BCUT2D eigenvalue weighted by Crippen LogP contribution is 2.41. The van der Waals surface area contributed by atoms with E-state index in [0.29, 0.717) is 18.9 Å². The topological polar surface area (TPSA) is 61.8 Å². The van der Waals surface area contributed by atoms with Crippen molar-refractivity contribution in [2.24, 2.45) is 0 Å². The number of aromatic nitrogens is 2. The van der Waals surface area contributed by atoms with Crippen molar-refractivity contribution in [2.45, 2.75) is 75.9 Å². The molecule has 24 heavy (non-hydrogen) atoms. The van der Waals surface area contributed by atoms with E-state index in [1.165, 1.54) is 30.2 Å². The SMILES string of the molecule is CCc1nn(C2CCC2)c2cc([C@]3(C#N)CC[C@@H](O)CC3)ccc12. The van der Waals surface area contributed by atoms with Crippen LogP contribution in [0.2, 0.25) is 0 Å². The molecule has 4 rings (SSSR count). The van der Waals surface area contributed by atoms with E-state index in [1.807, 2.05) is 0 Å². The van der Waals surface area contributed by atoms with Gasteiger partial charge in [0.1, 0.15) is 0 Å². The first-order valence-electron chi connectivity index (χ1n) is 9.28. The zero-order valence-corrected chi connectivity index (χ0v) is 14.3. The van der Waals surface area contributed by atoms with Crippen molar-refractivity contribution in [3.63, 3.8) is 0 Å². The summed E-state index contributed by atoms with van der Waals surface area (Å²) >= 11 is 0. The van der Waals surface area contributed by atoms with Crippen LogP contribution in [-0.4, -0.2) is 21.0 Å². The molecule has 1 aromatic carbocycles. The number of aliphatic hydroxyl groups is 1. The molecule has 1 N–H and O–H groups in total. The number of benzene rings is 1. The first-order chi connectivity index (χ1) is 11.7. The average Bonchev–Trinajstić information content (AvgIpc) is 2.92. The number of hydrogen-bond donors (Lipinski definition) is 1. The maximum absolute atomic E-state index is 9.89. The summed E-state index contributed by atoms with van der Waals surface area (Å²) < 4.78 is 2.21. The maximum atomic E-state index is 9.89. The summed E-state index contributed by atoms with van der Waals surface area (Å²) in [6.45, 7) is 2.15. The second kappa shape index (κ2) is 5.89. The van der Waals surface area contributed by atoms with E-state index < -0.39 is 5.41 Å². The second-order valence-electron chi connectivity index (χ2n) is 7.49. The molecule has 4 heteroatoms. The third kappa shape index (κ3) is 2.34. The van der Waals surface area contributed by atoms with Gasteiger partial charge in [0.05, 0.1) is 34.8 Å². The molecule has 1 heterocycles. The van der Waals surface area contributed by atoms with Crippen molar-refractivity contribution in [3.05, 3.63) is 29.5 Å². The summed E-state index contributed by atoms with van der Waals surface area (Å²) in [7, 11) is 0. The lowest BCUT2D eigenvalue weighted by Gasteiger charge is -2.33. The molecule has 2 aliphatic rings. The van der Waals surface area contributed by atoms with Gasteiger partial charge in [-0.1, -0.05) is 19.1 Å². The quantitative estimate of drug-likeness (QED) is 0.928. The van der Waals surface area contributed by atoms with Crippen LogP contribution in [0.1, 0.15) is 69.2 Å². The summed E-state index contributed by atoms with van der Waals surface area (Å²) in [5.41, 5.74) is 3.00. The molecule has 0 saturated heterocycles. The normalized spacial score (nSPS) is 27.8. The Hall–Kier alpha value is -1.86. The Balaban J connectivity index is 1.81. The Morgan fingerprint density at radius 3 is 2.62 bits per heavy atom. The fourth-order valence-electron chi connectivity index (χ4n) is 4.23. The number of aryl methyl sites for hydroxylation is 1. The number of nitriles is 1. The lowest BCUT2D eigenvalue weighted by atomic mass is 9.69. The summed E-state index contributed by atoms with van der Waals surface area (Å²) in [5.74, 6) is 0. The highest BCUT2D eigenvalue weighted by atomic mass is 16.3. The monoisotopic (exact) mass is 323 g/mol. The number of fused-ring (bicyclic) bond motifs is 1. The molecule has 2 aromatic rings. The van der Waals surface area contributed by atoms with Crippen molar-refractivity contribution in [3.8, 4) is 6.07 Å². The fourth-order valence-corrected chi connectivity index (χ4v) is 4.23. The first-order valence-corrected chi connectivity index (χ1v) is 9.28. The van der Waals surface area contributed by atoms with Gasteiger partial charge < -0.3 is 5.11 Å². The molecule has 0 radical (unpaired) electrons. The van der Waals surface area contributed by atoms with E-state index in [4.69, 9.17) is 5.10 Å². The van der Waals surface area contributed by atoms with Crippen LogP contribution < -0.4 is 0 Å². The number of nitrogens with zero attached hydrogens (tertiary/aromatic N) is 3. The first kappa shape index (κ1) is 15.7. The zero-order chi connectivity index (χ0) is 16.7. The molecule has 2 aliphatic carbocycles. The molecule has 0 amide bonds. The van der Waals surface area contributed by atoms with E-state index in [1.54, 1.807) is 0 Å². The zero-order valence-electron chi connectivity index (χ0n) is 14.3. The van der Waals surface area contributed by atoms with Crippen LogP contribution >= 0.6 is 0 Å². The third-order valence-electron chi connectivity index (χ3n) is 6.11. The molecule has 0 unspecified atom stereocenters. The Kier molecular flexibility index (Phi) is 3.85. The molecule has 2 saturated carbocycles. The van der Waals surface area contributed by atoms with Crippen LogP contribution in [-0.2, 0) is 11.8 Å². The number of hydrogen-bond acceptors (Lipinski definition) is 3. The molecule has 126 valence electrons. The summed E-state index contributed by atoms with van der Waals surface area (Å²) in [5, 5.41) is 25.8. The van der Waals surface area contributed by atoms with Gasteiger partial charge in [-0.15, -0.1) is 0 Å². The van der Waals surface area contributed by atoms with Gasteiger partial charge in [0.25, 0.3) is 0 Å². The van der Waals surface area contributed by atoms with Crippen LogP contribution in [0.25, 0.3) is 10.9 Å². The van der Waals surface area contributed by atoms with Crippen LogP contribution in [0.3, 0.4) is 0 Å². The van der Waals surface area contributed by atoms with Gasteiger partial charge >= 0.3 is 0 Å². The summed E-state index contributed by atoms with van der Waals surface area (Å²) in [4.78, 5) is 0. The Morgan fingerprint density at radius 1 is 1.29 bits per heavy atom. The standard InChI is InChI=1S/C20H25N3O/c1-2-18-17-7-6-14(20(13-21)10-8-16(24)9-11-20)12-19(17)23(22-18)15-4-3-5-15/h6-7,12,15-16,24H,2-5,8-11H2,1H3/t16-,20-. The maximum Gasteiger partial charge on any atom is 0.0825 e. The van der Waals surface area contributed by atoms with Crippen LogP contribution in [0, 0.1) is 11.3 Å². The van der Waals surface area contributed by atoms with Crippen molar-refractivity contribution in [1.29, 1.82) is 5.26 Å². The number of rotatable bonds is 3. The molecule has 4 nitrogen and oxygen atoms in total. The Bertz CT molecular complexity index is 789. The highest BCUT2D eigenvalue weighted by Gasteiger charge is 2.37. The third-order valence-corrected chi connectivity index (χ3v) is 6.11. The minimum Gasteiger partial charge on any atom is -0.393 e. The lowest BCUT2D eigenvalue weighted by molar-refractivity contribution is 0.109. The molecule has 0 aliphatic heterocycles. The van der Waals surface area contributed by atoms with Gasteiger partial charge in [0.2, 0.25) is 0 Å². The highest BCUT2D eigenvalue weighted by molar-refractivity contribution is 5.83. The smallest absolute Gasteiger partial charge is 0.0825 e. The van der Waals surface area contributed by atoms with Crippen LogP contribution in [0.15, 0.2) is 18.2 Å². The minimum absolute atomic E-state index is 0.248. The van der Waals surface area contributed by atoms with Gasteiger partial charge in [-0.05, 0) is 63.0 Å². The second-order valence-corrected chi connectivity index (χ2v) is 7.49. The van der Waals surface area contributed by atoms with Crippen molar-refractivity contribution < 1.29 is 5.11 Å². The molecule has 0 bridgehead atoms. The van der Waals surface area contributed by atoms with Crippen molar-refractivity contribution >= 4 is 10.9 Å². The van der Waals surface area contributed by atoms with Gasteiger partial charge in [-0.3, -0.25) is 4.68 Å². The Morgan fingerprint density at radius 2 is 2.04 bits per heavy atom. The minimum atomic E-state index is -0.450. The predicted octanol–water partition coefficient (Wildman–Crippen LogP) is 4.02. The van der Waals surface area contributed by atoms with E-state index in [9.17, 15) is 10.4 Å². The lowest BCUT2D eigenvalue weighted by Crippen LogP contribution is -2.32. The van der Waals surface area contributed by atoms with Crippen LogP contribution in [0.5, 0.6) is 0 Å². The fraction of sp³-hybridized carbons (Fsp3) is 0.600. The molecule has 0 spiro atoms. The van der Waals surface area contributed by atoms with E-state index >= 15 is 0 Å². The molecular formula is C20H25N3O. The number of aliphatic hydroxyl groups excluding tert-OH is 1. The molecular weight excluding hydrogens is 298 g/mol. The molecule has 2 fully saturated rings. The van der Waals surface area contributed by atoms with Gasteiger partial charge in [0, 0.05) is 5.39 Å². The molecule has 0 atom stereocenters. The Labute approximate surface area is 143 Å². The predicted molar refractivity (Wildman–Crippen MR) is 93.8 cm³/mol. The van der Waals surface area contributed by atoms with E-state index in [0.717, 1.165) is 30.5 Å². The van der Waals surface area contributed by atoms with Crippen LogP contribution in [0.4, 0.5) is 0 Å². The molecule has 1 aromatic heterocycles. The summed E-state index contributed by atoms with van der Waals surface area (Å²) in [6.07, 6.45) is 7.31. The van der Waals surface area contributed by atoms with E-state index in [2.05, 4.69) is 35.9 Å². The van der Waals surface area contributed by atoms with Gasteiger partial charge in [-0.25, -0.2) is 0 Å². The van der Waals surface area contributed by atoms with Crippen molar-refractivity contribution in [2.75, 3.05) is 0 Å². The van der Waals surface area contributed by atoms with Gasteiger partial charge in [-0.2, -0.15) is 10.4 Å². The summed E-state index contributed by atoms with van der Waals surface area (Å²) in [6, 6.07) is 9.59.